The molecule has 0 atom stereocenters. The van der Waals surface area contributed by atoms with Crippen LogP contribution in [-0.4, -0.2) is 17.6 Å². The summed E-state index contributed by atoms with van der Waals surface area (Å²) in [6.45, 7) is 2.21. The first-order valence-corrected chi connectivity index (χ1v) is 3.86. The van der Waals surface area contributed by atoms with Crippen LogP contribution in [0.2, 0.25) is 0 Å². The summed E-state index contributed by atoms with van der Waals surface area (Å²) >= 11 is 0. The minimum absolute atomic E-state index is 0.200. The summed E-state index contributed by atoms with van der Waals surface area (Å²) in [7, 11) is 0. The first-order valence-electron chi connectivity index (χ1n) is 3.86. The van der Waals surface area contributed by atoms with Gasteiger partial charge in [-0.15, -0.1) is 0 Å². The van der Waals surface area contributed by atoms with Crippen molar-refractivity contribution in [2.24, 2.45) is 0 Å². The number of ether oxygens (including phenoxy) is 1. The van der Waals surface area contributed by atoms with Crippen molar-refractivity contribution in [3.8, 4) is 0 Å². The van der Waals surface area contributed by atoms with Crippen LogP contribution in [0.4, 0.5) is 0 Å². The highest BCUT2D eigenvalue weighted by atomic mass is 16.5. The Kier molecular flexibility index (Phi) is 3.32. The topological polar surface area (TPSA) is 52.3 Å². The lowest BCUT2D eigenvalue weighted by Gasteiger charge is -1.98. The normalized spacial score (nSPS) is 9.75. The number of hydrogen-bond donors (Lipinski definition) is 0. The van der Waals surface area contributed by atoms with Gasteiger partial charge in [0.05, 0.1) is 19.2 Å². The summed E-state index contributed by atoms with van der Waals surface area (Å²) in [6, 6.07) is 0. The van der Waals surface area contributed by atoms with Crippen LogP contribution in [0.3, 0.4) is 0 Å². The number of nitrogens with zero attached hydrogens (tertiary/aromatic N) is 1. The maximum atomic E-state index is 10.9. The molecule has 0 bridgehead atoms. The van der Waals surface area contributed by atoms with Crippen LogP contribution >= 0.6 is 0 Å². The van der Waals surface area contributed by atoms with Gasteiger partial charge in [-0.3, -0.25) is 4.79 Å². The number of hydrogen-bond acceptors (Lipinski definition) is 4. The van der Waals surface area contributed by atoms with Gasteiger partial charge in [-0.2, -0.15) is 0 Å². The molecule has 1 aromatic rings. The van der Waals surface area contributed by atoms with E-state index in [-0.39, 0.29) is 5.97 Å². The standard InChI is InChI=1S/C8H11NO3/c1-2-11-8(10)4-3-7-5-9-6-12-7/h5-6H,2-4H2,1H3. The molecule has 0 saturated heterocycles. The van der Waals surface area contributed by atoms with Gasteiger partial charge >= 0.3 is 5.97 Å². The second-order valence-corrected chi connectivity index (χ2v) is 2.27. The van der Waals surface area contributed by atoms with Crippen LogP contribution in [0.5, 0.6) is 0 Å². The molecule has 0 radical (unpaired) electrons. The molecule has 4 nitrogen and oxygen atoms in total. The molecule has 0 aliphatic heterocycles. The largest absolute Gasteiger partial charge is 0.466 e. The molecule has 0 saturated carbocycles. The van der Waals surface area contributed by atoms with E-state index in [0.717, 1.165) is 0 Å². The Morgan fingerprint density at radius 3 is 3.17 bits per heavy atom. The van der Waals surface area contributed by atoms with E-state index in [2.05, 4.69) is 4.98 Å². The van der Waals surface area contributed by atoms with E-state index >= 15 is 0 Å². The smallest absolute Gasteiger partial charge is 0.306 e. The zero-order chi connectivity index (χ0) is 8.81. The molecule has 1 aromatic heterocycles. The van der Waals surface area contributed by atoms with Gasteiger partial charge in [0.2, 0.25) is 0 Å². The quantitative estimate of drug-likeness (QED) is 0.635. The molecular formula is C8H11NO3. The van der Waals surface area contributed by atoms with Crippen LogP contribution in [0, 0.1) is 0 Å². The number of rotatable bonds is 4. The van der Waals surface area contributed by atoms with Crippen molar-refractivity contribution in [2.75, 3.05) is 6.61 Å². The third-order valence-electron chi connectivity index (χ3n) is 1.36. The molecule has 0 unspecified atom stereocenters. The summed E-state index contributed by atoms with van der Waals surface area (Å²) in [4.78, 5) is 14.6. The Morgan fingerprint density at radius 2 is 2.58 bits per heavy atom. The van der Waals surface area contributed by atoms with Gasteiger partial charge in [-0.05, 0) is 6.92 Å². The first-order chi connectivity index (χ1) is 5.83. The van der Waals surface area contributed by atoms with Crippen molar-refractivity contribution in [2.45, 2.75) is 19.8 Å². The molecule has 0 N–H and O–H groups in total. The molecule has 0 fully saturated rings. The maximum Gasteiger partial charge on any atom is 0.306 e. The van der Waals surface area contributed by atoms with Gasteiger partial charge in [0, 0.05) is 6.42 Å². The summed E-state index contributed by atoms with van der Waals surface area (Å²) in [5.41, 5.74) is 0. The van der Waals surface area contributed by atoms with Gasteiger partial charge in [-0.25, -0.2) is 4.98 Å². The lowest BCUT2D eigenvalue weighted by Crippen LogP contribution is -2.04. The van der Waals surface area contributed by atoms with E-state index in [0.29, 0.717) is 25.2 Å². The Morgan fingerprint density at radius 1 is 1.75 bits per heavy atom. The molecule has 0 aliphatic carbocycles. The first kappa shape index (κ1) is 8.77. The van der Waals surface area contributed by atoms with Crippen LogP contribution in [0.15, 0.2) is 17.0 Å². The molecular weight excluding hydrogens is 158 g/mol. The van der Waals surface area contributed by atoms with Gasteiger partial charge in [0.25, 0.3) is 0 Å². The molecule has 4 heteroatoms. The van der Waals surface area contributed by atoms with E-state index in [1.807, 2.05) is 0 Å². The van der Waals surface area contributed by atoms with E-state index in [9.17, 15) is 4.79 Å². The van der Waals surface area contributed by atoms with Crippen molar-refractivity contribution in [1.82, 2.24) is 4.98 Å². The van der Waals surface area contributed by atoms with Crippen molar-refractivity contribution >= 4 is 5.97 Å². The van der Waals surface area contributed by atoms with Gasteiger partial charge in [0.1, 0.15) is 5.76 Å². The lowest BCUT2D eigenvalue weighted by molar-refractivity contribution is -0.143. The molecule has 12 heavy (non-hydrogen) atoms. The molecule has 1 rings (SSSR count). The molecule has 0 aliphatic rings. The van der Waals surface area contributed by atoms with Crippen LogP contribution in [0.1, 0.15) is 19.1 Å². The molecule has 0 spiro atoms. The van der Waals surface area contributed by atoms with Crippen molar-refractivity contribution in [3.63, 3.8) is 0 Å². The van der Waals surface area contributed by atoms with Gasteiger partial charge in [-0.1, -0.05) is 0 Å². The zero-order valence-corrected chi connectivity index (χ0v) is 6.95. The predicted octanol–water partition coefficient (Wildman–Crippen LogP) is 1.17. The summed E-state index contributed by atoms with van der Waals surface area (Å²) < 4.78 is 9.68. The maximum absolute atomic E-state index is 10.9. The summed E-state index contributed by atoms with van der Waals surface area (Å²) in [5, 5.41) is 0. The number of aryl methyl sites for hydroxylation is 1. The number of carbonyl (C=O) groups is 1. The average molecular weight is 169 g/mol. The highest BCUT2D eigenvalue weighted by molar-refractivity contribution is 5.69. The van der Waals surface area contributed by atoms with Gasteiger partial charge < -0.3 is 9.15 Å². The summed E-state index contributed by atoms with van der Waals surface area (Å²) in [5.74, 6) is 0.511. The van der Waals surface area contributed by atoms with Crippen molar-refractivity contribution in [1.29, 1.82) is 0 Å². The van der Waals surface area contributed by atoms with E-state index < -0.39 is 0 Å². The SMILES string of the molecule is CCOC(=O)CCc1cnco1. The molecule has 66 valence electrons. The van der Waals surface area contributed by atoms with E-state index in [4.69, 9.17) is 9.15 Å². The van der Waals surface area contributed by atoms with Crippen molar-refractivity contribution < 1.29 is 13.9 Å². The third-order valence-corrected chi connectivity index (χ3v) is 1.36. The molecule has 0 aromatic carbocycles. The Balaban J connectivity index is 2.22. The summed E-state index contributed by atoms with van der Waals surface area (Å²) in [6.07, 6.45) is 3.85. The molecule has 1 heterocycles. The fraction of sp³-hybridized carbons (Fsp3) is 0.500. The number of esters is 1. The number of oxazole rings is 1. The lowest BCUT2D eigenvalue weighted by atomic mass is 10.3. The highest BCUT2D eigenvalue weighted by Crippen LogP contribution is 2.01. The van der Waals surface area contributed by atoms with Gasteiger partial charge in [0.15, 0.2) is 6.39 Å². The highest BCUT2D eigenvalue weighted by Gasteiger charge is 2.03. The minimum atomic E-state index is -0.200. The third kappa shape index (κ3) is 2.74. The monoisotopic (exact) mass is 169 g/mol. The Hall–Kier alpha value is -1.32. The fourth-order valence-electron chi connectivity index (χ4n) is 0.824. The van der Waals surface area contributed by atoms with Crippen LogP contribution < -0.4 is 0 Å². The minimum Gasteiger partial charge on any atom is -0.466 e. The Bertz CT molecular complexity index is 230. The second kappa shape index (κ2) is 4.54. The van der Waals surface area contributed by atoms with Crippen LogP contribution in [0.25, 0.3) is 0 Å². The second-order valence-electron chi connectivity index (χ2n) is 2.27. The number of carbonyl (C=O) groups excluding carboxylic acids is 1. The molecule has 0 amide bonds. The average Bonchev–Trinajstić information content (AvgIpc) is 2.53. The zero-order valence-electron chi connectivity index (χ0n) is 6.95. The Labute approximate surface area is 70.5 Å². The van der Waals surface area contributed by atoms with E-state index in [1.54, 1.807) is 13.1 Å². The predicted molar refractivity (Wildman–Crippen MR) is 41.5 cm³/mol. The van der Waals surface area contributed by atoms with E-state index in [1.165, 1.54) is 6.39 Å². The van der Waals surface area contributed by atoms with Crippen LogP contribution in [-0.2, 0) is 16.0 Å². The number of aromatic nitrogens is 1. The van der Waals surface area contributed by atoms with Crippen molar-refractivity contribution in [3.05, 3.63) is 18.4 Å². The fourth-order valence-corrected chi connectivity index (χ4v) is 0.824.